The Labute approximate surface area is 75.7 Å². The molecule has 12 heavy (non-hydrogen) atoms. The van der Waals surface area contributed by atoms with Crippen LogP contribution in [0.1, 0.15) is 32.6 Å². The fraction of sp³-hybridized carbons (Fsp3) is 0.500. The van der Waals surface area contributed by atoms with E-state index in [1.54, 1.807) is 0 Å². The normalized spacial score (nSPS) is 33.2. The molecular formula is C12H18. The summed E-state index contributed by atoms with van der Waals surface area (Å²) in [7, 11) is 0. The van der Waals surface area contributed by atoms with E-state index < -0.39 is 0 Å². The van der Waals surface area contributed by atoms with Gasteiger partial charge in [-0.1, -0.05) is 43.4 Å². The minimum Gasteiger partial charge on any atom is -0.0882 e. The van der Waals surface area contributed by atoms with Gasteiger partial charge in [-0.05, 0) is 31.6 Å². The highest BCUT2D eigenvalue weighted by Crippen LogP contribution is 2.08. The second kappa shape index (κ2) is 5.82. The lowest BCUT2D eigenvalue weighted by Gasteiger charge is -1.99. The lowest BCUT2D eigenvalue weighted by atomic mass is 10.1. The Kier molecular flexibility index (Phi) is 4.51. The van der Waals surface area contributed by atoms with E-state index in [0.717, 1.165) is 6.42 Å². The largest absolute Gasteiger partial charge is 0.0882 e. The zero-order valence-corrected chi connectivity index (χ0v) is 7.87. The molecular weight excluding hydrogens is 144 g/mol. The minimum atomic E-state index is 0.702. The van der Waals surface area contributed by atoms with Crippen LogP contribution in [0.4, 0.5) is 0 Å². The first-order valence-electron chi connectivity index (χ1n) is 4.86. The van der Waals surface area contributed by atoms with Crippen LogP contribution in [-0.4, -0.2) is 0 Å². The molecule has 0 nitrogen and oxygen atoms in total. The van der Waals surface area contributed by atoms with Gasteiger partial charge in [0, 0.05) is 0 Å². The Morgan fingerprint density at radius 2 is 1.67 bits per heavy atom. The van der Waals surface area contributed by atoms with Gasteiger partial charge in [0.25, 0.3) is 0 Å². The summed E-state index contributed by atoms with van der Waals surface area (Å²) in [5.74, 6) is 0.702. The van der Waals surface area contributed by atoms with Crippen LogP contribution in [0.25, 0.3) is 0 Å². The molecule has 0 fully saturated rings. The predicted molar refractivity (Wildman–Crippen MR) is 55.1 cm³/mol. The summed E-state index contributed by atoms with van der Waals surface area (Å²) in [6.07, 6.45) is 18.4. The molecule has 0 heterocycles. The van der Waals surface area contributed by atoms with Crippen molar-refractivity contribution in [3.63, 3.8) is 0 Å². The van der Waals surface area contributed by atoms with Crippen molar-refractivity contribution in [3.05, 3.63) is 36.5 Å². The second-order valence-electron chi connectivity index (χ2n) is 3.40. The summed E-state index contributed by atoms with van der Waals surface area (Å²) in [6.45, 7) is 2.27. The monoisotopic (exact) mass is 162 g/mol. The molecule has 0 radical (unpaired) electrons. The molecule has 1 unspecified atom stereocenters. The van der Waals surface area contributed by atoms with Crippen molar-refractivity contribution in [2.75, 3.05) is 0 Å². The van der Waals surface area contributed by atoms with Gasteiger partial charge < -0.3 is 0 Å². The first kappa shape index (κ1) is 9.31. The fourth-order valence-corrected chi connectivity index (χ4v) is 1.30. The Morgan fingerprint density at radius 3 is 2.50 bits per heavy atom. The van der Waals surface area contributed by atoms with Gasteiger partial charge in [0.05, 0.1) is 0 Å². The molecule has 0 aromatic rings. The van der Waals surface area contributed by atoms with E-state index in [2.05, 4.69) is 43.4 Å². The summed E-state index contributed by atoms with van der Waals surface area (Å²) in [4.78, 5) is 0. The van der Waals surface area contributed by atoms with Crippen LogP contribution in [0.15, 0.2) is 36.5 Å². The summed E-state index contributed by atoms with van der Waals surface area (Å²) in [5.41, 5.74) is 0. The summed E-state index contributed by atoms with van der Waals surface area (Å²) >= 11 is 0. The smallest absolute Gasteiger partial charge is 0.0169 e. The van der Waals surface area contributed by atoms with E-state index in [4.69, 9.17) is 0 Å². The first-order chi connectivity index (χ1) is 5.89. The zero-order valence-electron chi connectivity index (χ0n) is 7.87. The van der Waals surface area contributed by atoms with Gasteiger partial charge in [-0.3, -0.25) is 0 Å². The van der Waals surface area contributed by atoms with Crippen molar-refractivity contribution < 1.29 is 0 Å². The third-order valence-electron chi connectivity index (χ3n) is 2.08. The number of hydrogen-bond donors (Lipinski definition) is 0. The van der Waals surface area contributed by atoms with Gasteiger partial charge >= 0.3 is 0 Å². The quantitative estimate of drug-likeness (QED) is 0.474. The molecule has 0 amide bonds. The summed E-state index contributed by atoms with van der Waals surface area (Å²) < 4.78 is 0. The molecule has 1 atom stereocenters. The molecule has 0 aromatic heterocycles. The Bertz CT molecular complexity index is 184. The van der Waals surface area contributed by atoms with E-state index in [-0.39, 0.29) is 0 Å². The van der Waals surface area contributed by atoms with Crippen molar-refractivity contribution in [2.45, 2.75) is 32.6 Å². The zero-order chi connectivity index (χ0) is 8.65. The van der Waals surface area contributed by atoms with E-state index in [1.165, 1.54) is 19.3 Å². The Balaban J connectivity index is 2.45. The van der Waals surface area contributed by atoms with Crippen molar-refractivity contribution in [1.29, 1.82) is 0 Å². The average molecular weight is 162 g/mol. The number of hydrogen-bond acceptors (Lipinski definition) is 0. The molecule has 0 saturated carbocycles. The lowest BCUT2D eigenvalue weighted by molar-refractivity contribution is 0.740. The maximum Gasteiger partial charge on any atom is -0.0169 e. The van der Waals surface area contributed by atoms with Crippen LogP contribution in [0, 0.1) is 5.92 Å². The van der Waals surface area contributed by atoms with Gasteiger partial charge in [-0.15, -0.1) is 0 Å². The second-order valence-corrected chi connectivity index (χ2v) is 3.40. The van der Waals surface area contributed by atoms with Crippen LogP contribution < -0.4 is 0 Å². The van der Waals surface area contributed by atoms with Crippen molar-refractivity contribution >= 4 is 0 Å². The highest BCUT2D eigenvalue weighted by atomic mass is 14.0. The van der Waals surface area contributed by atoms with E-state index in [9.17, 15) is 0 Å². The maximum atomic E-state index is 2.31. The molecule has 0 heteroatoms. The fourth-order valence-electron chi connectivity index (χ4n) is 1.30. The molecule has 0 aromatic carbocycles. The third-order valence-corrected chi connectivity index (χ3v) is 2.08. The van der Waals surface area contributed by atoms with Crippen LogP contribution in [-0.2, 0) is 0 Å². The molecule has 0 aliphatic heterocycles. The van der Waals surface area contributed by atoms with Gasteiger partial charge in [0.1, 0.15) is 0 Å². The third kappa shape index (κ3) is 4.17. The van der Waals surface area contributed by atoms with Crippen LogP contribution in [0.5, 0.6) is 0 Å². The molecule has 1 aliphatic carbocycles. The number of allylic oxidation sites excluding steroid dienone is 6. The molecule has 0 spiro atoms. The molecule has 0 bridgehead atoms. The van der Waals surface area contributed by atoms with Gasteiger partial charge in [-0.2, -0.15) is 0 Å². The number of rotatable bonds is 0. The van der Waals surface area contributed by atoms with Crippen LogP contribution in [0.3, 0.4) is 0 Å². The van der Waals surface area contributed by atoms with Crippen molar-refractivity contribution in [3.8, 4) is 0 Å². The van der Waals surface area contributed by atoms with Crippen LogP contribution in [0.2, 0.25) is 0 Å². The first-order valence-corrected chi connectivity index (χ1v) is 4.86. The molecule has 1 rings (SSSR count). The molecule has 66 valence electrons. The van der Waals surface area contributed by atoms with Gasteiger partial charge in [0.2, 0.25) is 0 Å². The van der Waals surface area contributed by atoms with Crippen molar-refractivity contribution in [1.82, 2.24) is 0 Å². The van der Waals surface area contributed by atoms with Crippen LogP contribution >= 0.6 is 0 Å². The lowest BCUT2D eigenvalue weighted by Crippen LogP contribution is -1.84. The predicted octanol–water partition coefficient (Wildman–Crippen LogP) is 3.87. The van der Waals surface area contributed by atoms with Gasteiger partial charge in [-0.25, -0.2) is 0 Å². The maximum absolute atomic E-state index is 2.31. The molecule has 0 saturated heterocycles. The molecule has 1 aliphatic rings. The summed E-state index contributed by atoms with van der Waals surface area (Å²) in [6, 6.07) is 0. The average Bonchev–Trinajstić information content (AvgIpc) is 2.11. The SMILES string of the molecule is CC1/C=C\C/C=C\CC/C=C\C1. The summed E-state index contributed by atoms with van der Waals surface area (Å²) in [5, 5.41) is 0. The molecule has 0 N–H and O–H groups in total. The minimum absolute atomic E-state index is 0.702. The Hall–Kier alpha value is -0.780. The standard InChI is InChI=1S/C12H18/c1-12-10-8-6-4-2-3-5-7-9-11-12/h2,4,7-10,12H,3,5-6,11H2,1H3/b4-2-,9-7-,10-8-. The highest BCUT2D eigenvalue weighted by Gasteiger charge is 1.92. The van der Waals surface area contributed by atoms with Crippen molar-refractivity contribution in [2.24, 2.45) is 5.92 Å². The van der Waals surface area contributed by atoms with E-state index in [1.807, 2.05) is 0 Å². The van der Waals surface area contributed by atoms with E-state index in [0.29, 0.717) is 5.92 Å². The highest BCUT2D eigenvalue weighted by molar-refractivity contribution is 4.99. The van der Waals surface area contributed by atoms with E-state index >= 15 is 0 Å². The van der Waals surface area contributed by atoms with Gasteiger partial charge in [0.15, 0.2) is 0 Å². The topological polar surface area (TPSA) is 0 Å². The Morgan fingerprint density at radius 1 is 0.917 bits per heavy atom.